The zero-order valence-corrected chi connectivity index (χ0v) is 11.1. The van der Waals surface area contributed by atoms with Crippen molar-refractivity contribution < 1.29 is 0 Å². The highest BCUT2D eigenvalue weighted by Crippen LogP contribution is 2.39. The Hall–Kier alpha value is -0.530. The van der Waals surface area contributed by atoms with Crippen LogP contribution in [0.4, 0.5) is 0 Å². The van der Waals surface area contributed by atoms with E-state index in [0.29, 0.717) is 5.41 Å². The Morgan fingerprint density at radius 3 is 2.56 bits per heavy atom. The largest absolute Gasteiger partial charge is 0.315 e. The normalized spacial score (nSPS) is 29.0. The first-order chi connectivity index (χ1) is 7.41. The Bertz CT molecular complexity index is 386. The molecule has 0 radical (unpaired) electrons. The molecule has 2 rings (SSSR count). The minimum absolute atomic E-state index is 0.201. The maximum Gasteiger partial charge on any atom is 0.0408 e. The van der Waals surface area contributed by atoms with Crippen molar-refractivity contribution >= 4 is 11.6 Å². The van der Waals surface area contributed by atoms with Gasteiger partial charge in [0.05, 0.1) is 0 Å². The van der Waals surface area contributed by atoms with E-state index in [4.69, 9.17) is 11.6 Å². The quantitative estimate of drug-likeness (QED) is 0.787. The molecular formula is C14H20ClN. The molecule has 1 atom stereocenters. The van der Waals surface area contributed by atoms with Crippen LogP contribution in [0, 0.1) is 5.41 Å². The molecule has 0 aromatic heterocycles. The Kier molecular flexibility index (Phi) is 3.02. The molecule has 0 spiro atoms. The van der Waals surface area contributed by atoms with Gasteiger partial charge < -0.3 is 5.32 Å². The molecule has 2 heteroatoms. The number of nitrogens with one attached hydrogen (secondary N) is 1. The number of hydrogen-bond acceptors (Lipinski definition) is 1. The Morgan fingerprint density at radius 1 is 1.19 bits per heavy atom. The zero-order valence-electron chi connectivity index (χ0n) is 10.3. The van der Waals surface area contributed by atoms with Crippen molar-refractivity contribution in [3.05, 3.63) is 34.9 Å². The number of piperidine rings is 1. The molecule has 0 aliphatic carbocycles. The summed E-state index contributed by atoms with van der Waals surface area (Å²) in [6.07, 6.45) is 1.20. The van der Waals surface area contributed by atoms with E-state index in [9.17, 15) is 0 Å². The van der Waals surface area contributed by atoms with Crippen LogP contribution in [0.25, 0.3) is 0 Å². The highest BCUT2D eigenvalue weighted by Gasteiger charge is 2.37. The lowest BCUT2D eigenvalue weighted by Gasteiger charge is -2.43. The molecule has 1 aromatic carbocycles. The summed E-state index contributed by atoms with van der Waals surface area (Å²) in [5, 5.41) is 4.38. The Balaban J connectivity index is 2.31. The first kappa shape index (κ1) is 11.9. The Morgan fingerprint density at radius 2 is 1.94 bits per heavy atom. The summed E-state index contributed by atoms with van der Waals surface area (Å²) in [7, 11) is 0. The lowest BCUT2D eigenvalue weighted by Crippen LogP contribution is -2.49. The van der Waals surface area contributed by atoms with Crippen molar-refractivity contribution in [3.63, 3.8) is 0 Å². The summed E-state index contributed by atoms with van der Waals surface area (Å²) in [4.78, 5) is 0. The second-order valence-electron chi connectivity index (χ2n) is 6.02. The molecule has 1 heterocycles. The summed E-state index contributed by atoms with van der Waals surface area (Å²) in [5.74, 6) is 0. The highest BCUT2D eigenvalue weighted by molar-refractivity contribution is 6.30. The van der Waals surface area contributed by atoms with Crippen LogP contribution in [0.5, 0.6) is 0 Å². The van der Waals surface area contributed by atoms with Gasteiger partial charge in [0, 0.05) is 23.5 Å². The average Bonchev–Trinajstić information content (AvgIpc) is 2.15. The van der Waals surface area contributed by atoms with Crippen LogP contribution in [-0.2, 0) is 5.41 Å². The minimum atomic E-state index is 0.201. The first-order valence-electron chi connectivity index (χ1n) is 5.88. The predicted molar refractivity (Wildman–Crippen MR) is 70.1 cm³/mol. The lowest BCUT2D eigenvalue weighted by atomic mass is 9.67. The molecule has 0 amide bonds. The summed E-state index contributed by atoms with van der Waals surface area (Å²) in [6, 6.07) is 8.28. The fraction of sp³-hybridized carbons (Fsp3) is 0.571. The molecule has 1 aliphatic rings. The molecule has 88 valence electrons. The van der Waals surface area contributed by atoms with Gasteiger partial charge >= 0.3 is 0 Å². The van der Waals surface area contributed by atoms with Gasteiger partial charge in [-0.1, -0.05) is 44.5 Å². The summed E-state index contributed by atoms with van der Waals surface area (Å²) >= 11 is 6.08. The molecule has 1 saturated heterocycles. The van der Waals surface area contributed by atoms with Gasteiger partial charge in [-0.3, -0.25) is 0 Å². The highest BCUT2D eigenvalue weighted by atomic mass is 35.5. The fourth-order valence-electron chi connectivity index (χ4n) is 2.93. The third kappa shape index (κ3) is 2.41. The molecule has 1 nitrogen and oxygen atoms in total. The van der Waals surface area contributed by atoms with Crippen molar-refractivity contribution in [2.24, 2.45) is 5.41 Å². The van der Waals surface area contributed by atoms with Gasteiger partial charge in [0.2, 0.25) is 0 Å². The topological polar surface area (TPSA) is 12.0 Å². The van der Waals surface area contributed by atoms with Crippen LogP contribution in [-0.4, -0.2) is 13.1 Å². The maximum absolute atomic E-state index is 6.08. The lowest BCUT2D eigenvalue weighted by molar-refractivity contribution is 0.180. The van der Waals surface area contributed by atoms with Crippen LogP contribution < -0.4 is 5.32 Å². The number of benzene rings is 1. The van der Waals surface area contributed by atoms with Crippen molar-refractivity contribution in [2.75, 3.05) is 13.1 Å². The third-order valence-electron chi connectivity index (χ3n) is 3.51. The van der Waals surface area contributed by atoms with E-state index in [0.717, 1.165) is 18.1 Å². The second kappa shape index (κ2) is 4.05. The van der Waals surface area contributed by atoms with Gasteiger partial charge in [-0.2, -0.15) is 0 Å². The Labute approximate surface area is 103 Å². The van der Waals surface area contributed by atoms with Gasteiger partial charge in [0.1, 0.15) is 0 Å². The molecular weight excluding hydrogens is 218 g/mol. The second-order valence-corrected chi connectivity index (χ2v) is 6.45. The smallest absolute Gasteiger partial charge is 0.0408 e. The van der Waals surface area contributed by atoms with Crippen LogP contribution in [0.15, 0.2) is 24.3 Å². The number of rotatable bonds is 1. The molecule has 0 bridgehead atoms. The van der Waals surface area contributed by atoms with Gasteiger partial charge in [0.25, 0.3) is 0 Å². The molecule has 1 aliphatic heterocycles. The van der Waals surface area contributed by atoms with Crippen LogP contribution in [0.2, 0.25) is 5.02 Å². The van der Waals surface area contributed by atoms with Gasteiger partial charge in [-0.15, -0.1) is 0 Å². The van der Waals surface area contributed by atoms with Gasteiger partial charge in [-0.05, 0) is 29.5 Å². The van der Waals surface area contributed by atoms with E-state index in [1.54, 1.807) is 0 Å². The summed E-state index contributed by atoms with van der Waals surface area (Å²) in [5.41, 5.74) is 1.90. The van der Waals surface area contributed by atoms with Crippen molar-refractivity contribution in [1.82, 2.24) is 5.32 Å². The molecule has 1 fully saturated rings. The predicted octanol–water partition coefficient (Wildman–Crippen LogP) is 3.62. The van der Waals surface area contributed by atoms with Gasteiger partial charge in [-0.25, -0.2) is 0 Å². The number of hydrogen-bond donors (Lipinski definition) is 1. The van der Waals surface area contributed by atoms with Crippen molar-refractivity contribution in [2.45, 2.75) is 32.6 Å². The van der Waals surface area contributed by atoms with E-state index < -0.39 is 0 Å². The van der Waals surface area contributed by atoms with E-state index in [1.807, 2.05) is 12.1 Å². The van der Waals surface area contributed by atoms with E-state index in [1.165, 1.54) is 12.0 Å². The standard InChI is InChI=1S/C14H20ClN/c1-13(2)8-14(3,10-16-9-13)11-5-4-6-12(15)7-11/h4-7,16H,8-10H2,1-3H3. The average molecular weight is 238 g/mol. The molecule has 1 unspecified atom stereocenters. The fourth-order valence-corrected chi connectivity index (χ4v) is 3.12. The van der Waals surface area contributed by atoms with Crippen molar-refractivity contribution in [1.29, 1.82) is 0 Å². The molecule has 16 heavy (non-hydrogen) atoms. The van der Waals surface area contributed by atoms with Crippen molar-refractivity contribution in [3.8, 4) is 0 Å². The van der Waals surface area contributed by atoms with E-state index in [-0.39, 0.29) is 5.41 Å². The minimum Gasteiger partial charge on any atom is -0.315 e. The van der Waals surface area contributed by atoms with E-state index in [2.05, 4.69) is 38.2 Å². The van der Waals surface area contributed by atoms with Crippen LogP contribution in [0.1, 0.15) is 32.8 Å². The zero-order chi connectivity index (χ0) is 11.8. The third-order valence-corrected chi connectivity index (χ3v) is 3.74. The summed E-state index contributed by atoms with van der Waals surface area (Å²) in [6.45, 7) is 9.11. The van der Waals surface area contributed by atoms with Crippen LogP contribution >= 0.6 is 11.6 Å². The number of halogens is 1. The monoisotopic (exact) mass is 237 g/mol. The SMILES string of the molecule is CC1(C)CNCC(C)(c2cccc(Cl)c2)C1. The molecule has 1 aromatic rings. The van der Waals surface area contributed by atoms with Gasteiger partial charge in [0.15, 0.2) is 0 Å². The van der Waals surface area contributed by atoms with E-state index >= 15 is 0 Å². The van der Waals surface area contributed by atoms with Crippen LogP contribution in [0.3, 0.4) is 0 Å². The molecule has 1 N–H and O–H groups in total. The maximum atomic E-state index is 6.08. The first-order valence-corrected chi connectivity index (χ1v) is 6.26. The summed E-state index contributed by atoms with van der Waals surface area (Å²) < 4.78 is 0. The molecule has 0 saturated carbocycles.